The molecule has 144 valence electrons. The molecule has 4 N–H and O–H groups in total. The standard InChI is InChI=1S/C15H27N3O5S2/c1-5-24(19,20)17-12-6-7-15(14(9-12)23-4)25(21,22)18-13(10-16)8-11(2)3/h6-7,9,11,13,17-18H,5,8,10,16H2,1-4H3. The lowest BCUT2D eigenvalue weighted by atomic mass is 10.1. The molecule has 0 fully saturated rings. The van der Waals surface area contributed by atoms with Gasteiger partial charge in [-0.3, -0.25) is 4.72 Å². The maximum absolute atomic E-state index is 12.6. The Hall–Kier alpha value is -1.36. The van der Waals surface area contributed by atoms with Gasteiger partial charge in [0.15, 0.2) is 0 Å². The van der Waals surface area contributed by atoms with Crippen LogP contribution in [0.3, 0.4) is 0 Å². The molecule has 0 aliphatic heterocycles. The van der Waals surface area contributed by atoms with E-state index in [1.165, 1.54) is 32.2 Å². The minimum atomic E-state index is -3.86. The summed E-state index contributed by atoms with van der Waals surface area (Å²) in [6.45, 7) is 5.64. The number of methoxy groups -OCH3 is 1. The van der Waals surface area contributed by atoms with E-state index >= 15 is 0 Å². The Morgan fingerprint density at radius 3 is 2.32 bits per heavy atom. The number of rotatable bonds is 10. The Labute approximate surface area is 150 Å². The zero-order valence-electron chi connectivity index (χ0n) is 14.9. The van der Waals surface area contributed by atoms with Crippen LogP contribution in [0, 0.1) is 5.92 Å². The van der Waals surface area contributed by atoms with E-state index in [1.54, 1.807) is 0 Å². The molecule has 1 rings (SSSR count). The van der Waals surface area contributed by atoms with Crippen LogP contribution in [0.25, 0.3) is 0 Å². The lowest BCUT2D eigenvalue weighted by molar-refractivity contribution is 0.401. The van der Waals surface area contributed by atoms with Crippen LogP contribution < -0.4 is 19.9 Å². The van der Waals surface area contributed by atoms with Crippen molar-refractivity contribution in [3.8, 4) is 5.75 Å². The summed E-state index contributed by atoms with van der Waals surface area (Å²) < 4.78 is 58.6. The van der Waals surface area contributed by atoms with Crippen molar-refractivity contribution in [1.29, 1.82) is 0 Å². The van der Waals surface area contributed by atoms with Gasteiger partial charge < -0.3 is 10.5 Å². The van der Waals surface area contributed by atoms with Crippen LogP contribution in [0.1, 0.15) is 27.2 Å². The summed E-state index contributed by atoms with van der Waals surface area (Å²) in [5, 5.41) is 0. The van der Waals surface area contributed by atoms with E-state index in [0.29, 0.717) is 6.42 Å². The molecule has 0 saturated carbocycles. The average molecular weight is 394 g/mol. The van der Waals surface area contributed by atoms with E-state index in [1.807, 2.05) is 13.8 Å². The van der Waals surface area contributed by atoms with Gasteiger partial charge in [-0.1, -0.05) is 13.8 Å². The Balaban J connectivity index is 3.14. The van der Waals surface area contributed by atoms with Gasteiger partial charge in [0.25, 0.3) is 0 Å². The van der Waals surface area contributed by atoms with Gasteiger partial charge in [-0.05, 0) is 31.4 Å². The van der Waals surface area contributed by atoms with Crippen LogP contribution in [0.4, 0.5) is 5.69 Å². The lowest BCUT2D eigenvalue weighted by Crippen LogP contribution is -2.41. The Kier molecular flexibility index (Phi) is 7.66. The summed E-state index contributed by atoms with van der Waals surface area (Å²) in [7, 11) is -6.01. The van der Waals surface area contributed by atoms with Crippen molar-refractivity contribution in [3.05, 3.63) is 18.2 Å². The molecule has 0 bridgehead atoms. The minimum Gasteiger partial charge on any atom is -0.495 e. The van der Waals surface area contributed by atoms with Gasteiger partial charge in [0.1, 0.15) is 10.6 Å². The van der Waals surface area contributed by atoms with E-state index in [2.05, 4.69) is 9.44 Å². The second-order valence-electron chi connectivity index (χ2n) is 6.05. The number of nitrogens with one attached hydrogen (secondary N) is 2. The normalized spacial score (nSPS) is 13.7. The van der Waals surface area contributed by atoms with E-state index in [9.17, 15) is 16.8 Å². The van der Waals surface area contributed by atoms with Crippen molar-refractivity contribution in [1.82, 2.24) is 4.72 Å². The number of sulfonamides is 2. The summed E-state index contributed by atoms with van der Waals surface area (Å²) in [4.78, 5) is -0.0725. The van der Waals surface area contributed by atoms with E-state index < -0.39 is 26.1 Å². The molecule has 1 atom stereocenters. The zero-order valence-corrected chi connectivity index (χ0v) is 16.6. The van der Waals surface area contributed by atoms with Gasteiger partial charge in [-0.25, -0.2) is 21.6 Å². The Morgan fingerprint density at radius 1 is 1.20 bits per heavy atom. The third-order valence-corrected chi connectivity index (χ3v) is 6.34. The van der Waals surface area contributed by atoms with Gasteiger partial charge in [0.05, 0.1) is 18.6 Å². The highest BCUT2D eigenvalue weighted by molar-refractivity contribution is 7.92. The fourth-order valence-electron chi connectivity index (χ4n) is 2.25. The van der Waals surface area contributed by atoms with Crippen molar-refractivity contribution < 1.29 is 21.6 Å². The van der Waals surface area contributed by atoms with Crippen molar-refractivity contribution in [3.63, 3.8) is 0 Å². The van der Waals surface area contributed by atoms with Crippen molar-refractivity contribution in [2.24, 2.45) is 11.7 Å². The summed E-state index contributed by atoms with van der Waals surface area (Å²) >= 11 is 0. The van der Waals surface area contributed by atoms with Gasteiger partial charge in [0, 0.05) is 18.7 Å². The molecule has 1 aromatic carbocycles. The molecular formula is C15H27N3O5S2. The van der Waals surface area contributed by atoms with Crippen molar-refractivity contribution in [2.75, 3.05) is 24.1 Å². The second-order valence-corrected chi connectivity index (χ2v) is 9.75. The van der Waals surface area contributed by atoms with Crippen LogP contribution >= 0.6 is 0 Å². The number of hydrogen-bond acceptors (Lipinski definition) is 6. The number of hydrogen-bond donors (Lipinski definition) is 3. The van der Waals surface area contributed by atoms with E-state index in [4.69, 9.17) is 10.5 Å². The second kappa shape index (κ2) is 8.84. The Morgan fingerprint density at radius 2 is 1.84 bits per heavy atom. The highest BCUT2D eigenvalue weighted by Crippen LogP contribution is 2.28. The molecule has 1 unspecified atom stereocenters. The lowest BCUT2D eigenvalue weighted by Gasteiger charge is -2.20. The molecule has 0 aliphatic carbocycles. The molecule has 25 heavy (non-hydrogen) atoms. The molecular weight excluding hydrogens is 366 g/mol. The molecule has 0 aromatic heterocycles. The van der Waals surface area contributed by atoms with Gasteiger partial charge in [-0.2, -0.15) is 0 Å². The number of ether oxygens (including phenoxy) is 1. The summed E-state index contributed by atoms with van der Waals surface area (Å²) in [5.74, 6) is 0.234. The highest BCUT2D eigenvalue weighted by Gasteiger charge is 2.24. The number of nitrogens with two attached hydrogens (primary N) is 1. The highest BCUT2D eigenvalue weighted by atomic mass is 32.2. The van der Waals surface area contributed by atoms with Crippen LogP contribution in [0.5, 0.6) is 5.75 Å². The quantitative estimate of drug-likeness (QED) is 0.546. The summed E-state index contributed by atoms with van der Waals surface area (Å²) in [6, 6.07) is 3.62. The average Bonchev–Trinajstić information content (AvgIpc) is 2.52. The fraction of sp³-hybridized carbons (Fsp3) is 0.600. The van der Waals surface area contributed by atoms with Gasteiger partial charge >= 0.3 is 0 Å². The monoisotopic (exact) mass is 393 g/mol. The van der Waals surface area contributed by atoms with Crippen molar-refractivity contribution >= 4 is 25.7 Å². The molecule has 8 nitrogen and oxygen atoms in total. The van der Waals surface area contributed by atoms with Crippen LogP contribution in [-0.4, -0.2) is 42.3 Å². The molecule has 0 aliphatic rings. The Bertz CT molecular complexity index is 776. The summed E-state index contributed by atoms with van der Waals surface area (Å²) in [5.41, 5.74) is 5.88. The maximum atomic E-state index is 12.6. The first-order chi connectivity index (χ1) is 11.5. The zero-order chi connectivity index (χ0) is 19.3. The first kappa shape index (κ1) is 21.7. The predicted octanol–water partition coefficient (Wildman–Crippen LogP) is 1.11. The van der Waals surface area contributed by atoms with Gasteiger partial charge in [-0.15, -0.1) is 0 Å². The molecule has 0 amide bonds. The molecule has 0 saturated heterocycles. The molecule has 0 radical (unpaired) electrons. The fourth-order valence-corrected chi connectivity index (χ4v) is 4.29. The van der Waals surface area contributed by atoms with Crippen LogP contribution in [-0.2, 0) is 20.0 Å². The number of anilines is 1. The minimum absolute atomic E-state index is 0.0455. The smallest absolute Gasteiger partial charge is 0.244 e. The largest absolute Gasteiger partial charge is 0.495 e. The van der Waals surface area contributed by atoms with Crippen LogP contribution in [0.15, 0.2) is 23.1 Å². The molecule has 0 heterocycles. The topological polar surface area (TPSA) is 128 Å². The molecule has 1 aromatic rings. The SMILES string of the molecule is CCS(=O)(=O)Nc1ccc(S(=O)(=O)NC(CN)CC(C)C)c(OC)c1. The van der Waals surface area contributed by atoms with Crippen LogP contribution in [0.2, 0.25) is 0 Å². The van der Waals surface area contributed by atoms with Crippen molar-refractivity contribution in [2.45, 2.75) is 38.1 Å². The summed E-state index contributed by atoms with van der Waals surface area (Å²) in [6.07, 6.45) is 0.604. The van der Waals surface area contributed by atoms with Gasteiger partial charge in [0.2, 0.25) is 20.0 Å². The number of benzene rings is 1. The first-order valence-electron chi connectivity index (χ1n) is 7.95. The third-order valence-electron chi connectivity index (χ3n) is 3.47. The third kappa shape index (κ3) is 6.46. The first-order valence-corrected chi connectivity index (χ1v) is 11.1. The molecule has 0 spiro atoms. The maximum Gasteiger partial charge on any atom is 0.244 e. The molecule has 10 heteroatoms. The van der Waals surface area contributed by atoms with E-state index in [-0.39, 0.29) is 34.5 Å². The predicted molar refractivity (Wildman–Crippen MR) is 98.7 cm³/mol. The van der Waals surface area contributed by atoms with E-state index in [0.717, 1.165) is 0 Å².